The maximum absolute atomic E-state index is 14.1. The molecule has 1 fully saturated rings. The van der Waals surface area contributed by atoms with Crippen LogP contribution in [0.5, 0.6) is 0 Å². The number of carbonyl (C=O) groups is 2. The first-order valence-corrected chi connectivity index (χ1v) is 9.92. The van der Waals surface area contributed by atoms with Crippen LogP contribution in [0.25, 0.3) is 6.08 Å². The van der Waals surface area contributed by atoms with Crippen LogP contribution in [0.2, 0.25) is 0 Å². The van der Waals surface area contributed by atoms with Gasteiger partial charge < -0.3 is 10.0 Å². The molecule has 0 spiro atoms. The monoisotopic (exact) mass is 429 g/mol. The van der Waals surface area contributed by atoms with Gasteiger partial charge in [0, 0.05) is 7.05 Å². The molecule has 0 bridgehead atoms. The van der Waals surface area contributed by atoms with Crippen LogP contribution in [0.4, 0.5) is 9.18 Å². The van der Waals surface area contributed by atoms with Crippen LogP contribution >= 0.6 is 0 Å². The molecule has 1 saturated heterocycles. The van der Waals surface area contributed by atoms with Crippen molar-refractivity contribution in [2.75, 3.05) is 7.05 Å². The summed E-state index contributed by atoms with van der Waals surface area (Å²) >= 11 is 0. The Morgan fingerprint density at radius 1 is 0.938 bits per heavy atom. The molecule has 3 aromatic rings. The third-order valence-electron chi connectivity index (χ3n) is 5.17. The summed E-state index contributed by atoms with van der Waals surface area (Å²) in [6.45, 7) is 0. The molecule has 1 aliphatic heterocycles. The van der Waals surface area contributed by atoms with Gasteiger partial charge in [0.1, 0.15) is 5.82 Å². The van der Waals surface area contributed by atoms with Crippen molar-refractivity contribution in [3.05, 3.63) is 113 Å². The number of hydrogen-bond donors (Lipinski definition) is 1. The van der Waals surface area contributed by atoms with Crippen LogP contribution in [-0.4, -0.2) is 39.9 Å². The summed E-state index contributed by atoms with van der Waals surface area (Å²) in [4.78, 5) is 31.7. The van der Waals surface area contributed by atoms with Crippen LogP contribution in [0.3, 0.4) is 0 Å². The lowest BCUT2D eigenvalue weighted by atomic mass is 10.0. The zero-order chi connectivity index (χ0) is 22.7. The standard InChI is InChI=1S/C25H20FN3O3/c1-28-22(18-12-6-3-7-13-18)21(16-17-10-4-2-5-11-17)29(25(31)32)24(28)27-23(30)19-14-8-9-15-20(19)26/h2-16,22H,1H3,(H,31,32)/b21-16-,27-24-. The van der Waals surface area contributed by atoms with Gasteiger partial charge in [0.25, 0.3) is 5.91 Å². The maximum Gasteiger partial charge on any atom is 0.418 e. The zero-order valence-electron chi connectivity index (χ0n) is 17.2. The second-order valence-corrected chi connectivity index (χ2v) is 7.22. The van der Waals surface area contributed by atoms with Crippen LogP contribution in [0, 0.1) is 5.82 Å². The third kappa shape index (κ3) is 4.00. The average Bonchev–Trinajstić information content (AvgIpc) is 3.06. The average molecular weight is 429 g/mol. The van der Waals surface area contributed by atoms with Crippen LogP contribution in [-0.2, 0) is 0 Å². The molecule has 3 aromatic carbocycles. The topological polar surface area (TPSA) is 73.2 Å². The summed E-state index contributed by atoms with van der Waals surface area (Å²) < 4.78 is 14.1. The first kappa shape index (κ1) is 21.0. The van der Waals surface area contributed by atoms with Gasteiger partial charge in [-0.1, -0.05) is 72.8 Å². The first-order valence-electron chi connectivity index (χ1n) is 9.92. The Labute approximate surface area is 184 Å². The van der Waals surface area contributed by atoms with E-state index in [-0.39, 0.29) is 11.5 Å². The molecular formula is C25H20FN3O3. The number of benzene rings is 3. The van der Waals surface area contributed by atoms with Gasteiger partial charge in [0.05, 0.1) is 17.3 Å². The Morgan fingerprint density at radius 2 is 1.53 bits per heavy atom. The van der Waals surface area contributed by atoms with E-state index in [4.69, 9.17) is 0 Å². The van der Waals surface area contributed by atoms with Crippen LogP contribution < -0.4 is 0 Å². The number of guanidine groups is 1. The number of aliphatic imine (C=N–C) groups is 1. The van der Waals surface area contributed by atoms with Gasteiger partial charge in [-0.15, -0.1) is 0 Å². The molecule has 7 heteroatoms. The van der Waals surface area contributed by atoms with Crippen molar-refractivity contribution < 1.29 is 19.1 Å². The fourth-order valence-corrected chi connectivity index (χ4v) is 3.71. The highest BCUT2D eigenvalue weighted by atomic mass is 19.1. The summed E-state index contributed by atoms with van der Waals surface area (Å²) in [5.41, 5.74) is 1.81. The van der Waals surface area contributed by atoms with E-state index in [1.807, 2.05) is 60.7 Å². The Bertz CT molecular complexity index is 1210. The number of hydrogen-bond acceptors (Lipinski definition) is 2. The SMILES string of the molecule is CN1/C(=N/C(=O)c2ccccc2F)N(C(=O)O)/C(=C\c2ccccc2)C1c1ccccc1. The van der Waals surface area contributed by atoms with Gasteiger partial charge >= 0.3 is 6.09 Å². The van der Waals surface area contributed by atoms with Crippen molar-refractivity contribution in [1.82, 2.24) is 9.80 Å². The number of likely N-dealkylation sites (N-methyl/N-ethyl adjacent to an activating group) is 1. The molecule has 0 aliphatic carbocycles. The summed E-state index contributed by atoms with van der Waals surface area (Å²) in [6, 6.07) is 23.6. The molecular weight excluding hydrogens is 409 g/mol. The highest BCUT2D eigenvalue weighted by Gasteiger charge is 2.43. The van der Waals surface area contributed by atoms with E-state index in [1.54, 1.807) is 18.0 Å². The van der Waals surface area contributed by atoms with E-state index in [1.165, 1.54) is 18.2 Å². The Hall–Kier alpha value is -4.26. The molecule has 1 N–H and O–H groups in total. The zero-order valence-corrected chi connectivity index (χ0v) is 17.2. The summed E-state index contributed by atoms with van der Waals surface area (Å²) in [5.74, 6) is -1.67. The van der Waals surface area contributed by atoms with Gasteiger partial charge in [0.15, 0.2) is 0 Å². The number of halogens is 1. The fraction of sp³-hybridized carbons (Fsp3) is 0.0800. The van der Waals surface area contributed by atoms with Crippen molar-refractivity contribution >= 4 is 24.0 Å². The van der Waals surface area contributed by atoms with Crippen LogP contribution in [0.1, 0.15) is 27.5 Å². The van der Waals surface area contributed by atoms with Crippen LogP contribution in [0.15, 0.2) is 95.6 Å². The van der Waals surface area contributed by atoms with Gasteiger partial charge in [-0.05, 0) is 29.3 Å². The van der Waals surface area contributed by atoms with Gasteiger partial charge in [-0.2, -0.15) is 4.99 Å². The number of amides is 2. The largest absolute Gasteiger partial charge is 0.464 e. The molecule has 1 unspecified atom stereocenters. The van der Waals surface area contributed by atoms with Crippen molar-refractivity contribution in [3.8, 4) is 0 Å². The Kier molecular flexibility index (Phi) is 5.81. The normalized spacial score (nSPS) is 18.4. The molecule has 1 atom stereocenters. The van der Waals surface area contributed by atoms with E-state index >= 15 is 0 Å². The predicted molar refractivity (Wildman–Crippen MR) is 119 cm³/mol. The van der Waals surface area contributed by atoms with Gasteiger partial charge in [0.2, 0.25) is 5.96 Å². The third-order valence-corrected chi connectivity index (χ3v) is 5.17. The van der Waals surface area contributed by atoms with Gasteiger partial charge in [-0.25, -0.2) is 14.1 Å². The fourth-order valence-electron chi connectivity index (χ4n) is 3.71. The Morgan fingerprint density at radius 3 is 2.16 bits per heavy atom. The molecule has 6 nitrogen and oxygen atoms in total. The first-order chi connectivity index (χ1) is 15.5. The molecule has 32 heavy (non-hydrogen) atoms. The van der Waals surface area contributed by atoms with E-state index in [9.17, 15) is 19.1 Å². The molecule has 1 aliphatic rings. The summed E-state index contributed by atoms with van der Waals surface area (Å²) in [6.07, 6.45) is 0.454. The predicted octanol–water partition coefficient (Wildman–Crippen LogP) is 5.03. The molecule has 1 heterocycles. The van der Waals surface area contributed by atoms with E-state index in [0.29, 0.717) is 5.70 Å². The smallest absolute Gasteiger partial charge is 0.418 e. The molecule has 2 amide bonds. The van der Waals surface area contributed by atoms with Crippen molar-refractivity contribution in [3.63, 3.8) is 0 Å². The van der Waals surface area contributed by atoms with E-state index in [2.05, 4.69) is 4.99 Å². The maximum atomic E-state index is 14.1. The van der Waals surface area contributed by atoms with Crippen molar-refractivity contribution in [2.24, 2.45) is 4.99 Å². The second-order valence-electron chi connectivity index (χ2n) is 7.22. The summed E-state index contributed by atoms with van der Waals surface area (Å²) in [7, 11) is 1.66. The minimum absolute atomic E-state index is 0.0956. The van der Waals surface area contributed by atoms with Crippen molar-refractivity contribution in [2.45, 2.75) is 6.04 Å². The van der Waals surface area contributed by atoms with E-state index in [0.717, 1.165) is 22.1 Å². The highest BCUT2D eigenvalue weighted by Crippen LogP contribution is 2.38. The molecule has 160 valence electrons. The number of carboxylic acid groups (broad SMARTS) is 1. The lowest BCUT2D eigenvalue weighted by molar-refractivity contribution is 0.0996. The summed E-state index contributed by atoms with van der Waals surface area (Å²) in [5, 5.41) is 10.0. The van der Waals surface area contributed by atoms with Gasteiger partial charge in [-0.3, -0.25) is 4.79 Å². The second kappa shape index (κ2) is 8.85. The van der Waals surface area contributed by atoms with E-state index < -0.39 is 23.9 Å². The quantitative estimate of drug-likeness (QED) is 0.634. The molecule has 4 rings (SSSR count). The lowest BCUT2D eigenvalue weighted by Crippen LogP contribution is -2.35. The molecule has 0 aromatic heterocycles. The number of carbonyl (C=O) groups excluding carboxylic acids is 1. The molecule has 0 radical (unpaired) electrons. The van der Waals surface area contributed by atoms with Crippen molar-refractivity contribution in [1.29, 1.82) is 0 Å². The number of nitrogens with zero attached hydrogens (tertiary/aromatic N) is 3. The number of rotatable bonds is 3. The Balaban J connectivity index is 1.87. The lowest BCUT2D eigenvalue weighted by Gasteiger charge is -2.20. The minimum Gasteiger partial charge on any atom is -0.464 e. The minimum atomic E-state index is -1.29. The highest BCUT2D eigenvalue weighted by molar-refractivity contribution is 6.08. The molecule has 0 saturated carbocycles.